The maximum Gasteiger partial charge on any atom is 0.496 e. The number of hydrogen-bond donors (Lipinski definition) is 2. The van der Waals surface area contributed by atoms with Crippen LogP contribution in [-0.4, -0.2) is 38.4 Å². The number of rotatable bonds is 4. The molecular weight excluding hydrogens is 371 g/mol. The van der Waals surface area contributed by atoms with E-state index in [-0.39, 0.29) is 10.6 Å². The summed E-state index contributed by atoms with van der Waals surface area (Å²) >= 11 is 0. The standard InChI is InChI=1S/C17H27BN2O6S/c1-15(2,3)20-27(22,23)13-10-11(24-14(19)21)8-9-12(13)18-25-16(4,5)17(6,7)26-18/h8-10,20H,1-7H3,(H2,19,21). The van der Waals surface area contributed by atoms with Crippen molar-refractivity contribution in [1.82, 2.24) is 4.72 Å². The molecule has 2 rings (SSSR count). The Bertz CT molecular complexity index is 829. The van der Waals surface area contributed by atoms with E-state index in [9.17, 15) is 13.2 Å². The third-order valence-corrected chi connectivity index (χ3v) is 6.25. The van der Waals surface area contributed by atoms with Gasteiger partial charge < -0.3 is 19.8 Å². The minimum absolute atomic E-state index is 0.0112. The normalized spacial score (nSPS) is 19.1. The third-order valence-electron chi connectivity index (χ3n) is 4.44. The number of carbonyl (C=O) groups is 1. The molecule has 1 aromatic carbocycles. The van der Waals surface area contributed by atoms with E-state index in [1.165, 1.54) is 18.2 Å². The molecule has 1 amide bonds. The van der Waals surface area contributed by atoms with Crippen molar-refractivity contribution in [2.75, 3.05) is 0 Å². The van der Waals surface area contributed by atoms with Crippen LogP contribution in [0.4, 0.5) is 4.79 Å². The number of primary amides is 1. The molecule has 0 radical (unpaired) electrons. The first kappa shape index (κ1) is 21.7. The largest absolute Gasteiger partial charge is 0.496 e. The lowest BCUT2D eigenvalue weighted by Crippen LogP contribution is -2.45. The number of ether oxygens (including phenoxy) is 1. The van der Waals surface area contributed by atoms with E-state index in [0.717, 1.165) is 0 Å². The van der Waals surface area contributed by atoms with E-state index in [0.29, 0.717) is 5.46 Å². The number of nitrogens with one attached hydrogen (secondary N) is 1. The number of nitrogens with two attached hydrogens (primary N) is 1. The Morgan fingerprint density at radius 2 is 1.67 bits per heavy atom. The summed E-state index contributed by atoms with van der Waals surface area (Å²) < 4.78 is 45.4. The summed E-state index contributed by atoms with van der Waals surface area (Å²) in [6.07, 6.45) is -1.04. The molecule has 8 nitrogen and oxygen atoms in total. The van der Waals surface area contributed by atoms with E-state index < -0.39 is 40.0 Å². The van der Waals surface area contributed by atoms with Crippen LogP contribution in [0.5, 0.6) is 5.75 Å². The zero-order chi connectivity index (χ0) is 20.8. The van der Waals surface area contributed by atoms with Crippen LogP contribution in [0, 0.1) is 0 Å². The predicted octanol–water partition coefficient (Wildman–Crippen LogP) is 1.52. The highest BCUT2D eigenvalue weighted by molar-refractivity contribution is 7.89. The van der Waals surface area contributed by atoms with Gasteiger partial charge in [-0.05, 0) is 54.5 Å². The van der Waals surface area contributed by atoms with Crippen molar-refractivity contribution in [1.29, 1.82) is 0 Å². The summed E-state index contributed by atoms with van der Waals surface area (Å²) in [6.45, 7) is 12.7. The van der Waals surface area contributed by atoms with E-state index in [4.69, 9.17) is 19.8 Å². The highest BCUT2D eigenvalue weighted by Gasteiger charge is 2.53. The van der Waals surface area contributed by atoms with Crippen LogP contribution in [0.3, 0.4) is 0 Å². The van der Waals surface area contributed by atoms with Crippen LogP contribution in [0.1, 0.15) is 48.5 Å². The van der Waals surface area contributed by atoms with E-state index in [1.54, 1.807) is 20.8 Å². The van der Waals surface area contributed by atoms with Crippen LogP contribution in [0.2, 0.25) is 0 Å². The van der Waals surface area contributed by atoms with E-state index in [2.05, 4.69) is 4.72 Å². The van der Waals surface area contributed by atoms with Gasteiger partial charge in [0.05, 0.1) is 16.1 Å². The molecule has 0 aromatic heterocycles. The van der Waals surface area contributed by atoms with Crippen LogP contribution < -0.4 is 20.7 Å². The fourth-order valence-corrected chi connectivity index (χ4v) is 4.21. The van der Waals surface area contributed by atoms with Crippen molar-refractivity contribution in [3.05, 3.63) is 18.2 Å². The summed E-state index contributed by atoms with van der Waals surface area (Å²) in [4.78, 5) is 11.0. The Hall–Kier alpha value is -1.62. The minimum Gasteiger partial charge on any atom is -0.410 e. The second-order valence-corrected chi connectivity index (χ2v) is 10.2. The third kappa shape index (κ3) is 4.81. The van der Waals surface area contributed by atoms with Crippen LogP contribution in [0.25, 0.3) is 0 Å². The van der Waals surface area contributed by atoms with E-state index in [1.807, 2.05) is 27.7 Å². The van der Waals surface area contributed by atoms with Crippen LogP contribution >= 0.6 is 0 Å². The first-order valence-electron chi connectivity index (χ1n) is 8.55. The van der Waals surface area contributed by atoms with Gasteiger partial charge >= 0.3 is 13.2 Å². The van der Waals surface area contributed by atoms with Crippen molar-refractivity contribution in [3.8, 4) is 5.75 Å². The number of benzene rings is 1. The lowest BCUT2D eigenvalue weighted by atomic mass is 9.79. The lowest BCUT2D eigenvalue weighted by Gasteiger charge is -2.32. The summed E-state index contributed by atoms with van der Waals surface area (Å²) in [6, 6.07) is 4.18. The van der Waals surface area contributed by atoms with Gasteiger partial charge in [0, 0.05) is 17.1 Å². The molecule has 1 saturated heterocycles. The topological polar surface area (TPSA) is 117 Å². The molecule has 1 aromatic rings. The molecule has 27 heavy (non-hydrogen) atoms. The second kappa shape index (κ2) is 6.77. The van der Waals surface area contributed by atoms with Crippen molar-refractivity contribution in [2.24, 2.45) is 5.73 Å². The van der Waals surface area contributed by atoms with Gasteiger partial charge in [-0.15, -0.1) is 0 Å². The van der Waals surface area contributed by atoms with Crippen LogP contribution in [-0.2, 0) is 19.3 Å². The molecule has 0 bridgehead atoms. The average molecular weight is 398 g/mol. The summed E-state index contributed by atoms with van der Waals surface area (Å²) in [5.41, 5.74) is 3.35. The number of hydrogen-bond acceptors (Lipinski definition) is 6. The van der Waals surface area contributed by atoms with Crippen LogP contribution in [0.15, 0.2) is 23.1 Å². The Balaban J connectivity index is 2.57. The molecule has 1 heterocycles. The Kier molecular flexibility index (Phi) is 5.44. The van der Waals surface area contributed by atoms with Gasteiger partial charge in [-0.2, -0.15) is 0 Å². The highest BCUT2D eigenvalue weighted by Crippen LogP contribution is 2.37. The van der Waals surface area contributed by atoms with Gasteiger partial charge in [-0.25, -0.2) is 17.9 Å². The number of carbonyl (C=O) groups excluding carboxylic acids is 1. The van der Waals surface area contributed by atoms with Gasteiger partial charge in [0.1, 0.15) is 5.75 Å². The van der Waals surface area contributed by atoms with Crippen molar-refractivity contribution < 1.29 is 27.3 Å². The molecular formula is C17H27BN2O6S. The van der Waals surface area contributed by atoms with Gasteiger partial charge in [-0.3, -0.25) is 0 Å². The summed E-state index contributed by atoms with van der Waals surface area (Å²) in [5, 5.41) is 0. The molecule has 0 saturated carbocycles. The maximum atomic E-state index is 13.0. The lowest BCUT2D eigenvalue weighted by molar-refractivity contribution is 0.00578. The predicted molar refractivity (Wildman–Crippen MR) is 102 cm³/mol. The van der Waals surface area contributed by atoms with Gasteiger partial charge in [0.25, 0.3) is 0 Å². The molecule has 0 unspecified atom stereocenters. The molecule has 1 aliphatic rings. The quantitative estimate of drug-likeness (QED) is 0.743. The highest BCUT2D eigenvalue weighted by atomic mass is 32.2. The van der Waals surface area contributed by atoms with Crippen molar-refractivity contribution in [2.45, 2.75) is 70.1 Å². The molecule has 10 heteroatoms. The van der Waals surface area contributed by atoms with Crippen molar-refractivity contribution in [3.63, 3.8) is 0 Å². The molecule has 0 spiro atoms. The Labute approximate surface area is 160 Å². The zero-order valence-electron chi connectivity index (χ0n) is 16.7. The number of amides is 1. The van der Waals surface area contributed by atoms with Gasteiger partial charge in [-0.1, -0.05) is 6.07 Å². The van der Waals surface area contributed by atoms with Gasteiger partial charge in [0.2, 0.25) is 10.0 Å². The molecule has 1 aliphatic heterocycles. The Morgan fingerprint density at radius 3 is 2.11 bits per heavy atom. The zero-order valence-corrected chi connectivity index (χ0v) is 17.6. The molecule has 0 aliphatic carbocycles. The first-order chi connectivity index (χ1) is 12.0. The smallest absolute Gasteiger partial charge is 0.410 e. The molecule has 0 atom stereocenters. The summed E-state index contributed by atoms with van der Waals surface area (Å²) in [5.74, 6) is 0.0112. The Morgan fingerprint density at radius 1 is 1.15 bits per heavy atom. The number of sulfonamides is 1. The molecule has 1 fully saturated rings. The molecule has 3 N–H and O–H groups in total. The fourth-order valence-electron chi connectivity index (χ4n) is 2.55. The first-order valence-corrected chi connectivity index (χ1v) is 10.0. The summed E-state index contributed by atoms with van der Waals surface area (Å²) in [7, 11) is -4.86. The minimum atomic E-state index is -3.96. The monoisotopic (exact) mass is 398 g/mol. The van der Waals surface area contributed by atoms with Gasteiger partial charge in [0.15, 0.2) is 0 Å². The SMILES string of the molecule is CC(C)(C)NS(=O)(=O)c1cc(OC(N)=O)ccc1B1OC(C)(C)C(C)(C)O1. The average Bonchev–Trinajstić information content (AvgIpc) is 2.64. The fraction of sp³-hybridized carbons (Fsp3) is 0.588. The van der Waals surface area contributed by atoms with Crippen molar-refractivity contribution >= 4 is 28.7 Å². The maximum absolute atomic E-state index is 13.0. The van der Waals surface area contributed by atoms with E-state index >= 15 is 0 Å². The molecule has 150 valence electrons. The second-order valence-electron chi connectivity index (χ2n) is 8.56.